The van der Waals surface area contributed by atoms with E-state index >= 15 is 0 Å². The summed E-state index contributed by atoms with van der Waals surface area (Å²) in [7, 11) is 0. The minimum absolute atomic E-state index is 0.333. The fourth-order valence-electron chi connectivity index (χ4n) is 3.34. The molecule has 0 bridgehead atoms. The zero-order chi connectivity index (χ0) is 14.0. The van der Waals surface area contributed by atoms with Crippen LogP contribution in [0.1, 0.15) is 68.9 Å². The Bertz CT molecular complexity index is 349. The SMILES string of the molecule is OCCCCCc1ccc(CCC2CCCCC2)cc1. The van der Waals surface area contributed by atoms with Gasteiger partial charge in [-0.2, -0.15) is 0 Å². The van der Waals surface area contributed by atoms with Gasteiger partial charge in [0.2, 0.25) is 0 Å². The summed E-state index contributed by atoms with van der Waals surface area (Å²) in [5.74, 6) is 0.988. The van der Waals surface area contributed by atoms with E-state index in [4.69, 9.17) is 5.11 Å². The monoisotopic (exact) mass is 274 g/mol. The molecule has 1 N–H and O–H groups in total. The van der Waals surface area contributed by atoms with Crippen molar-refractivity contribution in [1.29, 1.82) is 0 Å². The van der Waals surface area contributed by atoms with E-state index < -0.39 is 0 Å². The highest BCUT2D eigenvalue weighted by Gasteiger charge is 2.12. The molecule has 0 amide bonds. The fourth-order valence-corrected chi connectivity index (χ4v) is 3.34. The maximum Gasteiger partial charge on any atom is 0.0431 e. The third-order valence-corrected chi connectivity index (χ3v) is 4.71. The standard InChI is InChI=1S/C19H30O/c20-16-6-2-5-9-18-11-14-19(15-12-18)13-10-17-7-3-1-4-8-17/h11-12,14-15,17,20H,1-10,13,16H2. The normalized spacial score (nSPS) is 16.4. The first kappa shape index (κ1) is 15.6. The zero-order valence-corrected chi connectivity index (χ0v) is 12.8. The van der Waals surface area contributed by atoms with Gasteiger partial charge < -0.3 is 5.11 Å². The Morgan fingerprint density at radius 2 is 1.45 bits per heavy atom. The van der Waals surface area contributed by atoms with Crippen molar-refractivity contribution < 1.29 is 5.11 Å². The predicted octanol–water partition coefficient (Wildman–Crippen LogP) is 4.90. The summed E-state index contributed by atoms with van der Waals surface area (Å²) in [5, 5.41) is 8.77. The van der Waals surface area contributed by atoms with E-state index in [1.165, 1.54) is 62.5 Å². The largest absolute Gasteiger partial charge is 0.396 e. The molecule has 1 aromatic rings. The second-order valence-corrected chi connectivity index (χ2v) is 6.39. The molecule has 1 heteroatoms. The number of benzene rings is 1. The van der Waals surface area contributed by atoms with Crippen molar-refractivity contribution in [3.05, 3.63) is 35.4 Å². The zero-order valence-electron chi connectivity index (χ0n) is 12.8. The van der Waals surface area contributed by atoms with Gasteiger partial charge in [-0.3, -0.25) is 0 Å². The van der Waals surface area contributed by atoms with Crippen LogP contribution in [0.4, 0.5) is 0 Å². The Morgan fingerprint density at radius 3 is 2.10 bits per heavy atom. The summed E-state index contributed by atoms with van der Waals surface area (Å²) in [6.07, 6.45) is 14.4. The molecule has 0 heterocycles. The molecule has 1 aromatic carbocycles. The number of hydrogen-bond acceptors (Lipinski definition) is 1. The Labute approximate surface area is 124 Å². The van der Waals surface area contributed by atoms with Gasteiger partial charge in [0.1, 0.15) is 0 Å². The summed E-state index contributed by atoms with van der Waals surface area (Å²) < 4.78 is 0. The molecule has 1 saturated carbocycles. The molecule has 1 aliphatic carbocycles. The van der Waals surface area contributed by atoms with Crippen molar-refractivity contribution in [2.75, 3.05) is 6.61 Å². The molecule has 0 unspecified atom stereocenters. The Kier molecular flexibility index (Phi) is 7.14. The second-order valence-electron chi connectivity index (χ2n) is 6.39. The van der Waals surface area contributed by atoms with E-state index in [2.05, 4.69) is 24.3 Å². The van der Waals surface area contributed by atoms with Gasteiger partial charge in [0.15, 0.2) is 0 Å². The second kappa shape index (κ2) is 9.18. The first-order valence-corrected chi connectivity index (χ1v) is 8.57. The number of hydrogen-bond donors (Lipinski definition) is 1. The Morgan fingerprint density at radius 1 is 0.800 bits per heavy atom. The van der Waals surface area contributed by atoms with Crippen LogP contribution >= 0.6 is 0 Å². The van der Waals surface area contributed by atoms with Crippen LogP contribution in [0.25, 0.3) is 0 Å². The molecular formula is C19H30O. The molecule has 1 aliphatic rings. The van der Waals surface area contributed by atoms with Crippen molar-refractivity contribution in [2.45, 2.75) is 70.6 Å². The van der Waals surface area contributed by atoms with Crippen LogP contribution in [-0.2, 0) is 12.8 Å². The highest BCUT2D eigenvalue weighted by Crippen LogP contribution is 2.27. The average molecular weight is 274 g/mol. The molecule has 0 aliphatic heterocycles. The molecule has 1 fully saturated rings. The topological polar surface area (TPSA) is 20.2 Å². The third-order valence-electron chi connectivity index (χ3n) is 4.71. The van der Waals surface area contributed by atoms with Gasteiger partial charge >= 0.3 is 0 Å². The van der Waals surface area contributed by atoms with E-state index in [9.17, 15) is 0 Å². The molecule has 0 atom stereocenters. The maximum atomic E-state index is 8.77. The van der Waals surface area contributed by atoms with Crippen molar-refractivity contribution in [3.63, 3.8) is 0 Å². The van der Waals surface area contributed by atoms with Crippen molar-refractivity contribution in [1.82, 2.24) is 0 Å². The van der Waals surface area contributed by atoms with E-state index in [1.54, 1.807) is 0 Å². The summed E-state index contributed by atoms with van der Waals surface area (Å²) in [6.45, 7) is 0.333. The molecule has 0 saturated heterocycles. The van der Waals surface area contributed by atoms with Gasteiger partial charge in [-0.15, -0.1) is 0 Å². The van der Waals surface area contributed by atoms with Crippen LogP contribution in [0.2, 0.25) is 0 Å². The highest BCUT2D eigenvalue weighted by molar-refractivity contribution is 5.22. The molecular weight excluding hydrogens is 244 g/mol. The molecule has 1 nitrogen and oxygen atoms in total. The van der Waals surface area contributed by atoms with E-state index in [-0.39, 0.29) is 0 Å². The molecule has 0 spiro atoms. The first-order chi connectivity index (χ1) is 9.88. The van der Waals surface area contributed by atoms with E-state index in [0.717, 1.165) is 25.2 Å². The lowest BCUT2D eigenvalue weighted by atomic mass is 9.85. The van der Waals surface area contributed by atoms with E-state index in [0.29, 0.717) is 6.61 Å². The van der Waals surface area contributed by atoms with Crippen LogP contribution in [0.15, 0.2) is 24.3 Å². The van der Waals surface area contributed by atoms with Gasteiger partial charge in [-0.25, -0.2) is 0 Å². The predicted molar refractivity (Wildman–Crippen MR) is 86.0 cm³/mol. The number of rotatable bonds is 8. The molecule has 0 aromatic heterocycles. The Balaban J connectivity index is 1.68. The summed E-state index contributed by atoms with van der Waals surface area (Å²) in [6, 6.07) is 9.25. The third kappa shape index (κ3) is 5.66. The van der Waals surface area contributed by atoms with Crippen LogP contribution in [-0.4, -0.2) is 11.7 Å². The fraction of sp³-hybridized carbons (Fsp3) is 0.684. The lowest BCUT2D eigenvalue weighted by molar-refractivity contribution is 0.283. The molecule has 0 radical (unpaired) electrons. The van der Waals surface area contributed by atoms with Crippen LogP contribution in [0.5, 0.6) is 0 Å². The lowest BCUT2D eigenvalue weighted by Crippen LogP contribution is -2.07. The van der Waals surface area contributed by atoms with Crippen LogP contribution in [0, 0.1) is 5.92 Å². The van der Waals surface area contributed by atoms with Crippen molar-refractivity contribution in [3.8, 4) is 0 Å². The average Bonchev–Trinajstić information content (AvgIpc) is 2.52. The number of aryl methyl sites for hydroxylation is 2. The summed E-state index contributed by atoms with van der Waals surface area (Å²) in [5.41, 5.74) is 2.96. The molecule has 112 valence electrons. The van der Waals surface area contributed by atoms with Crippen LogP contribution in [0.3, 0.4) is 0 Å². The smallest absolute Gasteiger partial charge is 0.0431 e. The van der Waals surface area contributed by atoms with Gasteiger partial charge in [-0.1, -0.05) is 62.8 Å². The van der Waals surface area contributed by atoms with E-state index in [1.807, 2.05) is 0 Å². The highest BCUT2D eigenvalue weighted by atomic mass is 16.2. The number of unbranched alkanes of at least 4 members (excludes halogenated alkanes) is 2. The quantitative estimate of drug-likeness (QED) is 0.668. The molecule has 2 rings (SSSR count). The van der Waals surface area contributed by atoms with Gasteiger partial charge in [0, 0.05) is 6.61 Å². The number of aliphatic hydroxyl groups is 1. The Hall–Kier alpha value is -0.820. The van der Waals surface area contributed by atoms with Crippen LogP contribution < -0.4 is 0 Å². The van der Waals surface area contributed by atoms with Crippen molar-refractivity contribution >= 4 is 0 Å². The van der Waals surface area contributed by atoms with Gasteiger partial charge in [0.05, 0.1) is 0 Å². The summed E-state index contributed by atoms with van der Waals surface area (Å²) >= 11 is 0. The lowest BCUT2D eigenvalue weighted by Gasteiger charge is -2.21. The van der Waals surface area contributed by atoms with Crippen molar-refractivity contribution in [2.24, 2.45) is 5.92 Å². The number of aliphatic hydroxyl groups excluding tert-OH is 1. The minimum atomic E-state index is 0.333. The summed E-state index contributed by atoms with van der Waals surface area (Å²) in [4.78, 5) is 0. The minimum Gasteiger partial charge on any atom is -0.396 e. The van der Waals surface area contributed by atoms with Gasteiger partial charge in [0.25, 0.3) is 0 Å². The molecule has 20 heavy (non-hydrogen) atoms. The van der Waals surface area contributed by atoms with Gasteiger partial charge in [-0.05, 0) is 49.1 Å². The first-order valence-electron chi connectivity index (χ1n) is 8.57. The maximum absolute atomic E-state index is 8.77.